The number of carbonyl (C=O) groups excluding carboxylic acids is 4. The first-order chi connectivity index (χ1) is 18.9. The molecule has 2 aromatic heterocycles. The van der Waals surface area contributed by atoms with Gasteiger partial charge in [0.1, 0.15) is 6.04 Å². The van der Waals surface area contributed by atoms with Crippen molar-refractivity contribution in [3.63, 3.8) is 0 Å². The number of piperidine rings is 1. The zero-order valence-electron chi connectivity index (χ0n) is 22.1. The first-order valence-corrected chi connectivity index (χ1v) is 13.3. The number of hydrogen-bond acceptors (Lipinski definition) is 8. The van der Waals surface area contributed by atoms with Crippen LogP contribution in [-0.4, -0.2) is 60.9 Å². The van der Waals surface area contributed by atoms with Crippen LogP contribution in [0.3, 0.4) is 0 Å². The van der Waals surface area contributed by atoms with E-state index in [1.54, 1.807) is 36.7 Å². The van der Waals surface area contributed by atoms with E-state index in [1.165, 1.54) is 0 Å². The van der Waals surface area contributed by atoms with Crippen molar-refractivity contribution in [1.82, 2.24) is 30.0 Å². The molecule has 1 aromatic carbocycles. The highest BCUT2D eigenvalue weighted by molar-refractivity contribution is 6.25. The lowest BCUT2D eigenvalue weighted by molar-refractivity contribution is -0.136. The second-order valence-corrected chi connectivity index (χ2v) is 9.86. The molecule has 2 aliphatic rings. The highest BCUT2D eigenvalue weighted by Crippen LogP contribution is 2.32. The van der Waals surface area contributed by atoms with E-state index < -0.39 is 29.7 Å². The Hall–Kier alpha value is -4.41. The molecule has 3 aromatic rings. The summed E-state index contributed by atoms with van der Waals surface area (Å²) in [6.07, 6.45) is 7.58. The van der Waals surface area contributed by atoms with E-state index in [1.807, 2.05) is 18.5 Å². The Morgan fingerprint density at radius 3 is 2.49 bits per heavy atom. The van der Waals surface area contributed by atoms with Crippen molar-refractivity contribution in [3.8, 4) is 11.4 Å². The van der Waals surface area contributed by atoms with E-state index in [-0.39, 0.29) is 24.0 Å². The Balaban J connectivity index is 1.12. The Morgan fingerprint density at radius 2 is 1.72 bits per heavy atom. The number of unbranched alkanes of at least 4 members (excludes halogenated alkanes) is 3. The number of benzene rings is 1. The van der Waals surface area contributed by atoms with Gasteiger partial charge in [-0.15, -0.1) is 0 Å². The van der Waals surface area contributed by atoms with Gasteiger partial charge in [0, 0.05) is 43.3 Å². The molecular weight excluding hydrogens is 498 g/mol. The number of carbonyl (C=O) groups is 4. The van der Waals surface area contributed by atoms with Crippen LogP contribution in [0.4, 0.5) is 5.69 Å². The van der Waals surface area contributed by atoms with Crippen LogP contribution >= 0.6 is 0 Å². The molecule has 202 valence electrons. The molecule has 0 spiro atoms. The lowest BCUT2D eigenvalue weighted by atomic mass is 10.0. The number of nitrogens with one attached hydrogen (secondary N) is 2. The van der Waals surface area contributed by atoms with Gasteiger partial charge in [-0.25, -0.2) is 9.97 Å². The molecule has 11 nitrogen and oxygen atoms in total. The molecule has 0 saturated carbocycles. The summed E-state index contributed by atoms with van der Waals surface area (Å²) in [6.45, 7) is 5.47. The van der Waals surface area contributed by atoms with E-state index >= 15 is 0 Å². The van der Waals surface area contributed by atoms with E-state index in [9.17, 15) is 19.2 Å². The summed E-state index contributed by atoms with van der Waals surface area (Å²) in [6, 6.07) is 5.92. The predicted octanol–water partition coefficient (Wildman–Crippen LogP) is 3.03. The van der Waals surface area contributed by atoms with E-state index in [0.29, 0.717) is 18.1 Å². The smallest absolute Gasteiger partial charge is 0.264 e. The Morgan fingerprint density at radius 1 is 0.949 bits per heavy atom. The zero-order valence-corrected chi connectivity index (χ0v) is 22.1. The molecule has 0 bridgehead atoms. The normalized spacial score (nSPS) is 17.0. The largest absolute Gasteiger partial charge is 0.384 e. The average molecular weight is 530 g/mol. The monoisotopic (exact) mass is 529 g/mol. The third kappa shape index (κ3) is 5.16. The molecule has 1 unspecified atom stereocenters. The minimum atomic E-state index is -0.971. The van der Waals surface area contributed by atoms with Crippen molar-refractivity contribution < 1.29 is 19.2 Å². The second-order valence-electron chi connectivity index (χ2n) is 9.86. The molecule has 2 N–H and O–H groups in total. The van der Waals surface area contributed by atoms with Gasteiger partial charge in [0.25, 0.3) is 11.8 Å². The third-order valence-corrected chi connectivity index (χ3v) is 7.25. The molecule has 0 radical (unpaired) electrons. The maximum Gasteiger partial charge on any atom is 0.264 e. The van der Waals surface area contributed by atoms with Gasteiger partial charge in [-0.2, -0.15) is 5.10 Å². The van der Waals surface area contributed by atoms with Gasteiger partial charge in [0.05, 0.1) is 22.4 Å². The lowest BCUT2D eigenvalue weighted by Crippen LogP contribution is -2.54. The number of nitrogens with zero attached hydrogens (tertiary/aromatic N) is 5. The maximum atomic E-state index is 13.2. The SMILES string of the molecule is Cc1nn(CCCCCCNc2cccc3c2C(=O)N(C2CCC(=O)NC2=O)C3=O)c(C)c1-c1ncccn1. The van der Waals surface area contributed by atoms with Gasteiger partial charge in [-0.3, -0.25) is 34.1 Å². The fourth-order valence-electron chi connectivity index (χ4n) is 5.29. The molecule has 1 fully saturated rings. The second kappa shape index (κ2) is 11.1. The molecule has 1 atom stereocenters. The Labute approximate surface area is 226 Å². The van der Waals surface area contributed by atoms with Crippen molar-refractivity contribution in [1.29, 1.82) is 0 Å². The summed E-state index contributed by atoms with van der Waals surface area (Å²) >= 11 is 0. The summed E-state index contributed by atoms with van der Waals surface area (Å²) in [4.78, 5) is 59.7. The standard InChI is InChI=1S/C28H31N7O4/c1-17-23(25-30-14-8-15-31-25)18(2)34(33-17)16-6-4-3-5-13-29-20-10-7-9-19-24(20)28(39)35(27(19)38)21-11-12-22(36)32-26(21)37/h7-10,14-15,21,29H,3-6,11-13,16H2,1-2H3,(H,32,36,37). The fraction of sp³-hybridized carbons (Fsp3) is 0.393. The number of aromatic nitrogens is 4. The first kappa shape index (κ1) is 26.2. The van der Waals surface area contributed by atoms with Gasteiger partial charge in [0.15, 0.2) is 5.82 Å². The number of hydrogen-bond donors (Lipinski definition) is 2. The van der Waals surface area contributed by atoms with Gasteiger partial charge in [0.2, 0.25) is 11.8 Å². The molecule has 39 heavy (non-hydrogen) atoms. The zero-order chi connectivity index (χ0) is 27.5. The number of aryl methyl sites for hydroxylation is 2. The summed E-state index contributed by atoms with van der Waals surface area (Å²) in [7, 11) is 0. The van der Waals surface area contributed by atoms with E-state index in [0.717, 1.165) is 54.1 Å². The molecule has 2 aliphatic heterocycles. The summed E-state index contributed by atoms with van der Waals surface area (Å²) in [5.74, 6) is -1.31. The fourth-order valence-corrected chi connectivity index (χ4v) is 5.29. The molecule has 0 aliphatic carbocycles. The van der Waals surface area contributed by atoms with Crippen LogP contribution in [0.2, 0.25) is 0 Å². The minimum Gasteiger partial charge on any atom is -0.384 e. The highest BCUT2D eigenvalue weighted by Gasteiger charge is 2.45. The van der Waals surface area contributed by atoms with Crippen LogP contribution < -0.4 is 10.6 Å². The Bertz CT molecular complexity index is 1430. The van der Waals surface area contributed by atoms with Crippen LogP contribution in [0.1, 0.15) is 70.6 Å². The topological polar surface area (TPSA) is 139 Å². The minimum absolute atomic E-state index is 0.0943. The summed E-state index contributed by atoms with van der Waals surface area (Å²) in [5, 5.41) is 10.2. The molecule has 5 rings (SSSR count). The van der Waals surface area contributed by atoms with Crippen molar-refractivity contribution in [2.24, 2.45) is 0 Å². The van der Waals surface area contributed by atoms with Crippen LogP contribution in [0.15, 0.2) is 36.7 Å². The van der Waals surface area contributed by atoms with Crippen LogP contribution in [0, 0.1) is 13.8 Å². The first-order valence-electron chi connectivity index (χ1n) is 13.3. The van der Waals surface area contributed by atoms with Crippen molar-refractivity contribution in [2.45, 2.75) is 65.0 Å². The number of fused-ring (bicyclic) bond motifs is 1. The van der Waals surface area contributed by atoms with Crippen LogP contribution in [-0.2, 0) is 16.1 Å². The number of imide groups is 2. The van der Waals surface area contributed by atoms with Crippen molar-refractivity contribution in [2.75, 3.05) is 11.9 Å². The quantitative estimate of drug-likeness (QED) is 0.302. The van der Waals surface area contributed by atoms with Gasteiger partial charge >= 0.3 is 0 Å². The number of rotatable bonds is 10. The van der Waals surface area contributed by atoms with Crippen molar-refractivity contribution >= 4 is 29.3 Å². The average Bonchev–Trinajstić information content (AvgIpc) is 3.35. The van der Waals surface area contributed by atoms with Gasteiger partial charge in [-0.05, 0) is 51.3 Å². The molecular formula is C28H31N7O4. The van der Waals surface area contributed by atoms with E-state index in [2.05, 4.69) is 25.7 Å². The van der Waals surface area contributed by atoms with Gasteiger partial charge in [-0.1, -0.05) is 18.9 Å². The molecule has 1 saturated heterocycles. The predicted molar refractivity (Wildman–Crippen MR) is 143 cm³/mol. The Kier molecular flexibility index (Phi) is 7.49. The maximum absolute atomic E-state index is 13.2. The number of amides is 4. The summed E-state index contributed by atoms with van der Waals surface area (Å²) < 4.78 is 2.02. The van der Waals surface area contributed by atoms with Crippen molar-refractivity contribution in [3.05, 3.63) is 59.2 Å². The third-order valence-electron chi connectivity index (χ3n) is 7.25. The highest BCUT2D eigenvalue weighted by atomic mass is 16.2. The molecule has 4 amide bonds. The van der Waals surface area contributed by atoms with E-state index in [4.69, 9.17) is 0 Å². The van der Waals surface area contributed by atoms with Crippen LogP contribution in [0.25, 0.3) is 11.4 Å². The summed E-state index contributed by atoms with van der Waals surface area (Å²) in [5.41, 5.74) is 4.11. The molecule has 4 heterocycles. The number of anilines is 1. The van der Waals surface area contributed by atoms with Gasteiger partial charge < -0.3 is 5.32 Å². The lowest BCUT2D eigenvalue weighted by Gasteiger charge is -2.27. The van der Waals surface area contributed by atoms with Crippen LogP contribution in [0.5, 0.6) is 0 Å². The molecule has 11 heteroatoms.